The van der Waals surface area contributed by atoms with E-state index in [2.05, 4.69) is 9.80 Å². The van der Waals surface area contributed by atoms with Gasteiger partial charge in [0.25, 0.3) is 5.69 Å². The maximum Gasteiger partial charge on any atom is 0.279 e. The Labute approximate surface area is 201 Å². The minimum absolute atomic E-state index is 0.0216. The molecular weight excluding hydrogens is 465 g/mol. The molecule has 9 heteroatoms. The van der Waals surface area contributed by atoms with Crippen LogP contribution in [0.4, 0.5) is 5.69 Å². The number of nitro benzene ring substituents is 1. The quantitative estimate of drug-likeness (QED) is 0.332. The van der Waals surface area contributed by atoms with Crippen molar-refractivity contribution in [3.63, 3.8) is 0 Å². The van der Waals surface area contributed by atoms with E-state index < -0.39 is 0 Å². The first kappa shape index (κ1) is 22.0. The molecule has 0 atom stereocenters. The van der Waals surface area contributed by atoms with Crippen LogP contribution in [0.3, 0.4) is 0 Å². The van der Waals surface area contributed by atoms with E-state index in [4.69, 9.17) is 32.7 Å². The number of hydrogen-bond acceptors (Lipinski definition) is 6. The topological polar surface area (TPSA) is 68.1 Å². The molecule has 0 spiro atoms. The van der Waals surface area contributed by atoms with Crippen LogP contribution >= 0.6 is 23.2 Å². The first-order valence-electron chi connectivity index (χ1n) is 10.5. The maximum atomic E-state index is 12.0. The molecule has 0 aromatic heterocycles. The molecule has 0 radical (unpaired) electrons. The summed E-state index contributed by atoms with van der Waals surface area (Å²) in [5, 5.41) is 13.4. The van der Waals surface area contributed by atoms with E-state index in [1.165, 1.54) is 6.07 Å². The lowest BCUT2D eigenvalue weighted by atomic mass is 10.1. The summed E-state index contributed by atoms with van der Waals surface area (Å²) in [5.74, 6) is 0.928. The number of benzene rings is 3. The van der Waals surface area contributed by atoms with E-state index in [0.717, 1.165) is 24.2 Å². The van der Waals surface area contributed by atoms with Crippen LogP contribution in [0.2, 0.25) is 10.0 Å². The van der Waals surface area contributed by atoms with Gasteiger partial charge in [0.15, 0.2) is 11.5 Å². The summed E-state index contributed by atoms with van der Waals surface area (Å²) >= 11 is 12.1. The molecule has 3 aromatic rings. The number of fused-ring (bicyclic) bond motifs is 1. The van der Waals surface area contributed by atoms with Crippen LogP contribution in [0.5, 0.6) is 11.5 Å². The second-order valence-corrected chi connectivity index (χ2v) is 8.96. The molecule has 2 aliphatic heterocycles. The normalized spacial score (nSPS) is 16.4. The standard InChI is InChI=1S/C24H21Cl2N3O4/c25-18-5-1-16(2-6-18)13-27-9-10-28(14-17-3-7-19(26)8-4-17)24(27)20-11-22-23(33-15-32-22)12-21(20)29(30)31/h1-8,11-12,24H,9-10,13-15H2. The largest absolute Gasteiger partial charge is 0.454 e. The molecule has 33 heavy (non-hydrogen) atoms. The van der Waals surface area contributed by atoms with Crippen LogP contribution in [0.1, 0.15) is 22.9 Å². The molecule has 0 saturated carbocycles. The number of halogens is 2. The van der Waals surface area contributed by atoms with Gasteiger partial charge >= 0.3 is 0 Å². The van der Waals surface area contributed by atoms with Crippen molar-refractivity contribution in [3.05, 3.63) is 97.5 Å². The molecule has 2 heterocycles. The first-order chi connectivity index (χ1) is 16.0. The van der Waals surface area contributed by atoms with E-state index in [1.54, 1.807) is 6.07 Å². The Hall–Kier alpha value is -2.84. The fourth-order valence-corrected chi connectivity index (χ4v) is 4.67. The summed E-state index contributed by atoms with van der Waals surface area (Å²) in [6.07, 6.45) is -0.314. The number of hydrogen-bond donors (Lipinski definition) is 0. The van der Waals surface area contributed by atoms with Crippen LogP contribution in [0.25, 0.3) is 0 Å². The SMILES string of the molecule is O=[N+]([O-])c1cc2c(cc1C1N(Cc3ccc(Cl)cc3)CCN1Cc1ccc(Cl)cc1)OCO2. The second-order valence-electron chi connectivity index (χ2n) is 8.09. The third-order valence-corrected chi connectivity index (χ3v) is 6.46. The molecule has 2 aliphatic rings. The van der Waals surface area contributed by atoms with Crippen LogP contribution in [0.15, 0.2) is 60.7 Å². The molecule has 0 aliphatic carbocycles. The highest BCUT2D eigenvalue weighted by Crippen LogP contribution is 2.44. The third-order valence-electron chi connectivity index (χ3n) is 5.96. The summed E-state index contributed by atoms with van der Waals surface area (Å²) in [7, 11) is 0. The average molecular weight is 486 g/mol. The zero-order chi connectivity index (χ0) is 22.9. The maximum absolute atomic E-state index is 12.0. The zero-order valence-corrected chi connectivity index (χ0v) is 19.1. The Bertz CT molecular complexity index is 1120. The number of ether oxygens (including phenoxy) is 2. The predicted octanol–water partition coefficient (Wildman–Crippen LogP) is 5.65. The molecular formula is C24H21Cl2N3O4. The molecule has 1 saturated heterocycles. The minimum Gasteiger partial charge on any atom is -0.454 e. The van der Waals surface area contributed by atoms with Gasteiger partial charge in [0, 0.05) is 36.2 Å². The predicted molar refractivity (Wildman–Crippen MR) is 126 cm³/mol. The van der Waals surface area contributed by atoms with Crippen molar-refractivity contribution >= 4 is 28.9 Å². The lowest BCUT2D eigenvalue weighted by Gasteiger charge is -2.30. The molecule has 0 N–H and O–H groups in total. The Morgan fingerprint density at radius 3 is 1.82 bits per heavy atom. The minimum atomic E-state index is -0.351. The van der Waals surface area contributed by atoms with Crippen LogP contribution in [0, 0.1) is 10.1 Å². The fourth-order valence-electron chi connectivity index (χ4n) is 4.42. The van der Waals surface area contributed by atoms with Crippen molar-refractivity contribution in [2.24, 2.45) is 0 Å². The Kier molecular flexibility index (Phi) is 6.12. The third kappa shape index (κ3) is 4.63. The van der Waals surface area contributed by atoms with E-state index >= 15 is 0 Å². The van der Waals surface area contributed by atoms with Gasteiger partial charge in [0.05, 0.1) is 22.7 Å². The van der Waals surface area contributed by atoms with Gasteiger partial charge in [-0.3, -0.25) is 19.9 Å². The number of nitrogens with zero attached hydrogens (tertiary/aromatic N) is 3. The second kappa shape index (κ2) is 9.19. The molecule has 170 valence electrons. The monoisotopic (exact) mass is 485 g/mol. The van der Waals surface area contributed by atoms with Gasteiger partial charge in [0.1, 0.15) is 0 Å². The lowest BCUT2D eigenvalue weighted by molar-refractivity contribution is -0.386. The van der Waals surface area contributed by atoms with Gasteiger partial charge in [-0.15, -0.1) is 0 Å². The van der Waals surface area contributed by atoms with Gasteiger partial charge in [-0.05, 0) is 41.5 Å². The van der Waals surface area contributed by atoms with Crippen LogP contribution < -0.4 is 9.47 Å². The van der Waals surface area contributed by atoms with Gasteiger partial charge in [0.2, 0.25) is 6.79 Å². The van der Waals surface area contributed by atoms with E-state index in [-0.39, 0.29) is 23.6 Å². The number of nitro groups is 1. The lowest BCUT2D eigenvalue weighted by Crippen LogP contribution is -2.31. The first-order valence-corrected chi connectivity index (χ1v) is 11.3. The molecule has 3 aromatic carbocycles. The molecule has 0 unspecified atom stereocenters. The molecule has 0 bridgehead atoms. The van der Waals surface area contributed by atoms with Crippen molar-refractivity contribution < 1.29 is 14.4 Å². The highest BCUT2D eigenvalue weighted by molar-refractivity contribution is 6.30. The highest BCUT2D eigenvalue weighted by atomic mass is 35.5. The Morgan fingerprint density at radius 1 is 0.848 bits per heavy atom. The number of rotatable bonds is 6. The van der Waals surface area contributed by atoms with Gasteiger partial charge in [-0.2, -0.15) is 0 Å². The summed E-state index contributed by atoms with van der Waals surface area (Å²) in [4.78, 5) is 16.2. The van der Waals surface area contributed by atoms with Crippen molar-refractivity contribution in [1.82, 2.24) is 9.80 Å². The van der Waals surface area contributed by atoms with Gasteiger partial charge < -0.3 is 9.47 Å². The van der Waals surface area contributed by atoms with E-state index in [9.17, 15) is 10.1 Å². The molecule has 5 rings (SSSR count). The smallest absolute Gasteiger partial charge is 0.279 e. The summed E-state index contributed by atoms with van der Waals surface area (Å²) < 4.78 is 11.0. The zero-order valence-electron chi connectivity index (χ0n) is 17.6. The Balaban J connectivity index is 1.53. The molecule has 0 amide bonds. The van der Waals surface area contributed by atoms with Crippen molar-refractivity contribution in [3.8, 4) is 11.5 Å². The van der Waals surface area contributed by atoms with E-state index in [0.29, 0.717) is 40.2 Å². The van der Waals surface area contributed by atoms with Crippen molar-refractivity contribution in [2.75, 3.05) is 19.9 Å². The van der Waals surface area contributed by atoms with Crippen LogP contribution in [-0.4, -0.2) is 34.6 Å². The average Bonchev–Trinajstić information content (AvgIpc) is 3.42. The van der Waals surface area contributed by atoms with Crippen molar-refractivity contribution in [2.45, 2.75) is 19.3 Å². The summed E-state index contributed by atoms with van der Waals surface area (Å²) in [5.41, 5.74) is 2.78. The Morgan fingerprint density at radius 2 is 1.33 bits per heavy atom. The molecule has 7 nitrogen and oxygen atoms in total. The summed E-state index contributed by atoms with van der Waals surface area (Å²) in [6, 6.07) is 18.6. The van der Waals surface area contributed by atoms with Crippen LogP contribution in [-0.2, 0) is 13.1 Å². The van der Waals surface area contributed by atoms with Gasteiger partial charge in [-0.1, -0.05) is 47.5 Å². The molecule has 1 fully saturated rings. The summed E-state index contributed by atoms with van der Waals surface area (Å²) in [6.45, 7) is 2.83. The highest BCUT2D eigenvalue weighted by Gasteiger charge is 2.38. The van der Waals surface area contributed by atoms with Crippen molar-refractivity contribution in [1.29, 1.82) is 0 Å². The fraction of sp³-hybridized carbons (Fsp3) is 0.250. The van der Waals surface area contributed by atoms with E-state index in [1.807, 2.05) is 48.5 Å². The van der Waals surface area contributed by atoms with Gasteiger partial charge in [-0.25, -0.2) is 0 Å².